The van der Waals surface area contributed by atoms with Crippen LogP contribution in [0.3, 0.4) is 0 Å². The lowest BCUT2D eigenvalue weighted by molar-refractivity contribution is -0.141. The third kappa shape index (κ3) is 3.51. The first kappa shape index (κ1) is 17.5. The van der Waals surface area contributed by atoms with Gasteiger partial charge in [0.1, 0.15) is 5.69 Å². The van der Waals surface area contributed by atoms with Crippen LogP contribution in [0.2, 0.25) is 0 Å². The number of pyridine rings is 1. The van der Waals surface area contributed by atoms with Crippen LogP contribution in [0, 0.1) is 0 Å². The number of hydrogen-bond donors (Lipinski definition) is 0. The Hall–Kier alpha value is -1.35. The van der Waals surface area contributed by atoms with E-state index in [1.54, 1.807) is 7.05 Å². The number of hydrogen-bond acceptors (Lipinski definition) is 4. The number of anilines is 1. The van der Waals surface area contributed by atoms with Crippen LogP contribution in [0.4, 0.5) is 18.9 Å². The van der Waals surface area contributed by atoms with Crippen LogP contribution >= 0.6 is 0 Å². The van der Waals surface area contributed by atoms with E-state index in [2.05, 4.69) is 4.98 Å². The zero-order chi connectivity index (χ0) is 17.5. The predicted molar refractivity (Wildman–Crippen MR) is 84.2 cm³/mol. The third-order valence-corrected chi connectivity index (χ3v) is 7.08. The molecule has 5 nitrogen and oxygen atoms in total. The minimum absolute atomic E-state index is 0.161. The normalized spacial score (nSPS) is 22.9. The van der Waals surface area contributed by atoms with E-state index in [4.69, 9.17) is 0 Å². The standard InChI is InChI=1S/C15H20F3N3O2S/c1-20(24(22,23)13-5-6-13)12-3-2-8-21(10-12)11-4-7-14(19-9-11)15(16,17)18/h4,7,9,12-13H,2-3,5-6,8,10H2,1H3. The highest BCUT2D eigenvalue weighted by Gasteiger charge is 2.41. The van der Waals surface area contributed by atoms with E-state index in [1.165, 1.54) is 16.6 Å². The summed E-state index contributed by atoms with van der Waals surface area (Å²) < 4.78 is 64.0. The Kier molecular flexibility index (Phi) is 4.50. The lowest BCUT2D eigenvalue weighted by atomic mass is 10.1. The first-order chi connectivity index (χ1) is 11.2. The van der Waals surface area contributed by atoms with E-state index >= 15 is 0 Å². The molecular weight excluding hydrogens is 343 g/mol. The van der Waals surface area contributed by atoms with Crippen molar-refractivity contribution in [2.75, 3.05) is 25.0 Å². The molecule has 0 N–H and O–H groups in total. The fourth-order valence-corrected chi connectivity index (χ4v) is 4.83. The van der Waals surface area contributed by atoms with E-state index in [9.17, 15) is 21.6 Å². The van der Waals surface area contributed by atoms with Crippen LogP contribution in [-0.4, -0.2) is 49.1 Å². The lowest BCUT2D eigenvalue weighted by Crippen LogP contribution is -2.49. The smallest absolute Gasteiger partial charge is 0.369 e. The molecule has 1 aliphatic carbocycles. The second-order valence-electron chi connectivity index (χ2n) is 6.40. The second kappa shape index (κ2) is 6.18. The molecule has 1 atom stereocenters. The largest absolute Gasteiger partial charge is 0.433 e. The number of alkyl halides is 3. The Morgan fingerprint density at radius 3 is 2.50 bits per heavy atom. The number of halogens is 3. The van der Waals surface area contributed by atoms with Crippen LogP contribution in [0.5, 0.6) is 0 Å². The average molecular weight is 363 g/mol. The molecule has 2 heterocycles. The van der Waals surface area contributed by atoms with E-state index in [1.807, 2.05) is 4.90 Å². The van der Waals surface area contributed by atoms with Crippen molar-refractivity contribution in [1.29, 1.82) is 0 Å². The number of piperidine rings is 1. The monoisotopic (exact) mass is 363 g/mol. The van der Waals surface area contributed by atoms with Crippen molar-refractivity contribution in [1.82, 2.24) is 9.29 Å². The first-order valence-corrected chi connectivity index (χ1v) is 9.45. The van der Waals surface area contributed by atoms with Crippen molar-refractivity contribution in [3.05, 3.63) is 24.0 Å². The highest BCUT2D eigenvalue weighted by molar-refractivity contribution is 7.90. The summed E-state index contributed by atoms with van der Waals surface area (Å²) in [5.41, 5.74) is -0.335. The minimum atomic E-state index is -4.46. The summed E-state index contributed by atoms with van der Waals surface area (Å²) in [5, 5.41) is -0.259. The molecule has 1 aromatic rings. The summed E-state index contributed by atoms with van der Waals surface area (Å²) in [6.07, 6.45) is -0.275. The summed E-state index contributed by atoms with van der Waals surface area (Å²) in [6.45, 7) is 1.15. The van der Waals surface area contributed by atoms with Gasteiger partial charge in [0, 0.05) is 26.2 Å². The molecule has 0 aromatic carbocycles. The maximum Gasteiger partial charge on any atom is 0.433 e. The van der Waals surface area contributed by atoms with Crippen molar-refractivity contribution in [2.24, 2.45) is 0 Å². The molecule has 134 valence electrons. The number of likely N-dealkylation sites (N-methyl/N-ethyl adjacent to an activating group) is 1. The third-order valence-electron chi connectivity index (χ3n) is 4.66. The highest BCUT2D eigenvalue weighted by atomic mass is 32.2. The molecule has 1 aliphatic heterocycles. The van der Waals surface area contributed by atoms with Gasteiger partial charge in [0.2, 0.25) is 10.0 Å². The molecule has 1 unspecified atom stereocenters. The summed E-state index contributed by atoms with van der Waals surface area (Å²) in [4.78, 5) is 5.39. The maximum atomic E-state index is 12.6. The van der Waals surface area contributed by atoms with Crippen molar-refractivity contribution >= 4 is 15.7 Å². The summed E-state index contributed by atoms with van der Waals surface area (Å²) in [6, 6.07) is 2.20. The molecule has 9 heteroatoms. The van der Waals surface area contributed by atoms with Gasteiger partial charge in [0.05, 0.1) is 17.1 Å². The Bertz CT molecular complexity index is 687. The fourth-order valence-electron chi connectivity index (χ4n) is 3.04. The van der Waals surface area contributed by atoms with Gasteiger partial charge in [-0.25, -0.2) is 13.4 Å². The van der Waals surface area contributed by atoms with Gasteiger partial charge in [-0.3, -0.25) is 0 Å². The van der Waals surface area contributed by atoms with Crippen LogP contribution in [-0.2, 0) is 16.2 Å². The summed E-state index contributed by atoms with van der Waals surface area (Å²) in [5.74, 6) is 0. The Morgan fingerprint density at radius 2 is 1.96 bits per heavy atom. The number of rotatable bonds is 4. The molecule has 2 aliphatic rings. The van der Waals surface area contributed by atoms with E-state index in [0.29, 0.717) is 31.6 Å². The minimum Gasteiger partial charge on any atom is -0.369 e. The van der Waals surface area contributed by atoms with Gasteiger partial charge in [0.15, 0.2) is 0 Å². The van der Waals surface area contributed by atoms with Gasteiger partial charge >= 0.3 is 6.18 Å². The van der Waals surface area contributed by atoms with Gasteiger partial charge < -0.3 is 4.90 Å². The maximum absolute atomic E-state index is 12.6. The van der Waals surface area contributed by atoms with E-state index in [-0.39, 0.29) is 11.3 Å². The Labute approximate surface area is 139 Å². The molecular formula is C15H20F3N3O2S. The molecule has 1 saturated carbocycles. The topological polar surface area (TPSA) is 53.5 Å². The number of nitrogens with zero attached hydrogens (tertiary/aromatic N) is 3. The fraction of sp³-hybridized carbons (Fsp3) is 0.667. The van der Waals surface area contributed by atoms with E-state index < -0.39 is 21.9 Å². The van der Waals surface area contributed by atoms with Gasteiger partial charge in [-0.15, -0.1) is 0 Å². The van der Waals surface area contributed by atoms with Crippen LogP contribution in [0.15, 0.2) is 18.3 Å². The van der Waals surface area contributed by atoms with Crippen molar-refractivity contribution < 1.29 is 21.6 Å². The lowest BCUT2D eigenvalue weighted by Gasteiger charge is -2.38. The zero-order valence-electron chi connectivity index (χ0n) is 13.3. The van der Waals surface area contributed by atoms with Crippen LogP contribution in [0.1, 0.15) is 31.4 Å². The predicted octanol–water partition coefficient (Wildman–Crippen LogP) is 2.49. The Balaban J connectivity index is 1.71. The molecule has 3 rings (SSSR count). The number of aromatic nitrogens is 1. The number of sulfonamides is 1. The van der Waals surface area contributed by atoms with Crippen LogP contribution in [0.25, 0.3) is 0 Å². The quantitative estimate of drug-likeness (QED) is 0.825. The summed E-state index contributed by atoms with van der Waals surface area (Å²) >= 11 is 0. The van der Waals surface area contributed by atoms with Crippen molar-refractivity contribution in [3.8, 4) is 0 Å². The average Bonchev–Trinajstić information content (AvgIpc) is 3.39. The SMILES string of the molecule is CN(C1CCCN(c2ccc(C(F)(F)F)nc2)C1)S(=O)(=O)C1CC1. The molecule has 0 radical (unpaired) electrons. The van der Waals surface area contributed by atoms with Crippen molar-refractivity contribution in [3.63, 3.8) is 0 Å². The van der Waals surface area contributed by atoms with Gasteiger partial charge in [-0.2, -0.15) is 17.5 Å². The molecule has 0 spiro atoms. The molecule has 1 saturated heterocycles. The van der Waals surface area contributed by atoms with Gasteiger partial charge in [-0.1, -0.05) is 0 Å². The molecule has 0 bridgehead atoms. The molecule has 24 heavy (non-hydrogen) atoms. The summed E-state index contributed by atoms with van der Waals surface area (Å²) in [7, 11) is -1.65. The van der Waals surface area contributed by atoms with Crippen LogP contribution < -0.4 is 4.90 Å². The van der Waals surface area contributed by atoms with E-state index in [0.717, 1.165) is 18.9 Å². The molecule has 2 fully saturated rings. The van der Waals surface area contributed by atoms with Gasteiger partial charge in [0.25, 0.3) is 0 Å². The molecule has 0 amide bonds. The Morgan fingerprint density at radius 1 is 1.25 bits per heavy atom. The highest BCUT2D eigenvalue weighted by Crippen LogP contribution is 2.33. The van der Waals surface area contributed by atoms with Crippen molar-refractivity contribution in [2.45, 2.75) is 43.2 Å². The molecule has 1 aromatic heterocycles. The second-order valence-corrected chi connectivity index (χ2v) is 8.67. The zero-order valence-corrected chi connectivity index (χ0v) is 14.1. The first-order valence-electron chi connectivity index (χ1n) is 7.94. The van der Waals surface area contributed by atoms with Gasteiger partial charge in [-0.05, 0) is 37.8 Å².